The van der Waals surface area contributed by atoms with Crippen LogP contribution in [0.3, 0.4) is 0 Å². The molecule has 0 amide bonds. The quantitative estimate of drug-likeness (QED) is 0.578. The average Bonchev–Trinajstić information content (AvgIpc) is 2.90. The predicted octanol–water partition coefficient (Wildman–Crippen LogP) is 4.21. The summed E-state index contributed by atoms with van der Waals surface area (Å²) in [6.45, 7) is 5.30. The number of ether oxygens (including phenoxy) is 1. The number of hydrogen-bond acceptors (Lipinski definition) is 3. The first-order valence-corrected chi connectivity index (χ1v) is 7.87. The van der Waals surface area contributed by atoms with E-state index in [9.17, 15) is 9.59 Å². The molecule has 1 heterocycles. The van der Waals surface area contributed by atoms with Crippen LogP contribution in [-0.2, 0) is 4.74 Å². The van der Waals surface area contributed by atoms with Gasteiger partial charge in [-0.1, -0.05) is 36.4 Å². The number of aryl methyl sites for hydroxylation is 2. The fourth-order valence-electron chi connectivity index (χ4n) is 2.88. The molecule has 2 aromatic carbocycles. The first kappa shape index (κ1) is 16.0. The van der Waals surface area contributed by atoms with E-state index in [0.29, 0.717) is 11.1 Å². The van der Waals surface area contributed by atoms with Crippen LogP contribution in [0.4, 0.5) is 0 Å². The van der Waals surface area contributed by atoms with E-state index in [1.165, 1.54) is 0 Å². The predicted molar refractivity (Wildman–Crippen MR) is 93.4 cm³/mol. The number of hydrogen-bond donors (Lipinski definition) is 1. The van der Waals surface area contributed by atoms with Crippen molar-refractivity contribution in [2.45, 2.75) is 26.9 Å². The summed E-state index contributed by atoms with van der Waals surface area (Å²) in [6.07, 6.45) is -0.852. The van der Waals surface area contributed by atoms with E-state index in [0.717, 1.165) is 22.2 Å². The summed E-state index contributed by atoms with van der Waals surface area (Å²) in [4.78, 5) is 28.3. The third kappa shape index (κ3) is 2.83. The van der Waals surface area contributed by atoms with Gasteiger partial charge in [0.15, 0.2) is 6.10 Å². The van der Waals surface area contributed by atoms with Gasteiger partial charge in [0.25, 0.3) is 0 Å². The molecule has 4 heteroatoms. The van der Waals surface area contributed by atoms with E-state index in [1.54, 1.807) is 19.1 Å². The molecule has 0 unspecified atom stereocenters. The van der Waals surface area contributed by atoms with Crippen LogP contribution in [0.15, 0.2) is 48.5 Å². The number of esters is 1. The van der Waals surface area contributed by atoms with E-state index in [2.05, 4.69) is 4.98 Å². The normalized spacial score (nSPS) is 12.1. The first-order valence-electron chi connectivity index (χ1n) is 7.87. The molecule has 3 aromatic rings. The van der Waals surface area contributed by atoms with Crippen molar-refractivity contribution in [2.75, 3.05) is 0 Å². The molecule has 0 bridgehead atoms. The molecule has 0 saturated heterocycles. The number of ketones is 1. The van der Waals surface area contributed by atoms with Crippen LogP contribution < -0.4 is 0 Å². The largest absolute Gasteiger partial charge is 0.451 e. The molecule has 0 spiro atoms. The van der Waals surface area contributed by atoms with Gasteiger partial charge in [-0.25, -0.2) is 4.79 Å². The highest BCUT2D eigenvalue weighted by Gasteiger charge is 2.25. The Hall–Kier alpha value is -2.88. The number of aromatic amines is 1. The van der Waals surface area contributed by atoms with Crippen molar-refractivity contribution in [2.24, 2.45) is 0 Å². The van der Waals surface area contributed by atoms with Crippen molar-refractivity contribution in [3.05, 3.63) is 70.9 Å². The third-order valence-corrected chi connectivity index (χ3v) is 4.16. The maximum absolute atomic E-state index is 12.8. The highest BCUT2D eigenvalue weighted by molar-refractivity contribution is 6.11. The number of Topliss-reactive ketones (excluding diaryl/α,β-unsaturated/α-hetero) is 1. The summed E-state index contributed by atoms with van der Waals surface area (Å²) >= 11 is 0. The second kappa shape index (κ2) is 6.32. The van der Waals surface area contributed by atoms with Crippen LogP contribution in [0.2, 0.25) is 0 Å². The van der Waals surface area contributed by atoms with Gasteiger partial charge in [-0.3, -0.25) is 4.79 Å². The zero-order chi connectivity index (χ0) is 17.3. The Morgan fingerprint density at radius 3 is 2.42 bits per heavy atom. The van der Waals surface area contributed by atoms with E-state index >= 15 is 0 Å². The van der Waals surface area contributed by atoms with Crippen molar-refractivity contribution in [1.29, 1.82) is 0 Å². The molecule has 0 aliphatic heterocycles. The fourth-order valence-corrected chi connectivity index (χ4v) is 2.88. The minimum atomic E-state index is -0.852. The van der Waals surface area contributed by atoms with Gasteiger partial charge in [-0.05, 0) is 38.5 Å². The smallest absolute Gasteiger partial charge is 0.339 e. The molecule has 0 radical (unpaired) electrons. The first-order chi connectivity index (χ1) is 11.5. The lowest BCUT2D eigenvalue weighted by atomic mass is 10.0. The molecular weight excluding hydrogens is 302 g/mol. The summed E-state index contributed by atoms with van der Waals surface area (Å²) in [7, 11) is 0. The summed E-state index contributed by atoms with van der Waals surface area (Å²) in [5.74, 6) is -0.682. The maximum atomic E-state index is 12.8. The number of rotatable bonds is 4. The summed E-state index contributed by atoms with van der Waals surface area (Å²) in [6, 6.07) is 14.8. The van der Waals surface area contributed by atoms with Gasteiger partial charge in [0.1, 0.15) is 0 Å². The Bertz CT molecular complexity index is 924. The number of aromatic nitrogens is 1. The van der Waals surface area contributed by atoms with Gasteiger partial charge in [0, 0.05) is 22.2 Å². The number of benzene rings is 2. The summed E-state index contributed by atoms with van der Waals surface area (Å²) < 4.78 is 5.40. The van der Waals surface area contributed by atoms with Gasteiger partial charge in [-0.2, -0.15) is 0 Å². The molecule has 0 aliphatic rings. The molecule has 1 atom stereocenters. The Morgan fingerprint density at radius 1 is 1.00 bits per heavy atom. The zero-order valence-corrected chi connectivity index (χ0v) is 13.9. The van der Waals surface area contributed by atoms with Crippen LogP contribution in [0.5, 0.6) is 0 Å². The standard InChI is InChI=1S/C20H19NO3/c1-12-8-4-5-9-15(12)20(23)24-14(3)19(22)18-13(2)21-17-11-7-6-10-16(17)18/h4-11,14,21H,1-3H3/t14-/m0/s1. The highest BCUT2D eigenvalue weighted by atomic mass is 16.5. The SMILES string of the molecule is Cc1ccccc1C(=O)O[C@@H](C)C(=O)c1c(C)[nH]c2ccccc12. The second-order valence-corrected chi connectivity index (χ2v) is 5.90. The van der Waals surface area contributed by atoms with Gasteiger partial charge in [0.2, 0.25) is 5.78 Å². The van der Waals surface area contributed by atoms with Crippen molar-refractivity contribution in [3.8, 4) is 0 Å². The Morgan fingerprint density at radius 2 is 1.67 bits per heavy atom. The average molecular weight is 321 g/mol. The fraction of sp³-hybridized carbons (Fsp3) is 0.200. The maximum Gasteiger partial charge on any atom is 0.339 e. The van der Waals surface area contributed by atoms with E-state index < -0.39 is 12.1 Å². The molecule has 0 fully saturated rings. The van der Waals surface area contributed by atoms with Crippen molar-refractivity contribution < 1.29 is 14.3 Å². The summed E-state index contributed by atoms with van der Waals surface area (Å²) in [5, 5.41) is 0.846. The Kier molecular flexibility index (Phi) is 4.21. The van der Waals surface area contributed by atoms with E-state index in [-0.39, 0.29) is 5.78 Å². The number of carbonyl (C=O) groups is 2. The number of nitrogens with one attached hydrogen (secondary N) is 1. The molecule has 3 rings (SSSR count). The highest BCUT2D eigenvalue weighted by Crippen LogP contribution is 2.24. The molecule has 1 aromatic heterocycles. The van der Waals surface area contributed by atoms with Crippen LogP contribution in [0, 0.1) is 13.8 Å². The van der Waals surface area contributed by atoms with Gasteiger partial charge < -0.3 is 9.72 Å². The van der Waals surface area contributed by atoms with Crippen LogP contribution in [0.1, 0.15) is 38.9 Å². The molecule has 0 saturated carbocycles. The molecular formula is C20H19NO3. The Labute approximate surface area is 140 Å². The van der Waals surface area contributed by atoms with Crippen LogP contribution in [0.25, 0.3) is 10.9 Å². The van der Waals surface area contributed by atoms with Gasteiger partial charge in [0.05, 0.1) is 5.56 Å². The number of H-pyrrole nitrogens is 1. The molecule has 0 aliphatic carbocycles. The lowest BCUT2D eigenvalue weighted by molar-refractivity contribution is 0.0318. The molecule has 122 valence electrons. The second-order valence-electron chi connectivity index (χ2n) is 5.90. The minimum absolute atomic E-state index is 0.202. The van der Waals surface area contributed by atoms with Gasteiger partial charge in [-0.15, -0.1) is 0 Å². The van der Waals surface area contributed by atoms with Crippen molar-refractivity contribution >= 4 is 22.7 Å². The number of carbonyl (C=O) groups excluding carboxylic acids is 2. The van der Waals surface area contributed by atoms with Crippen LogP contribution in [-0.4, -0.2) is 22.8 Å². The molecule has 1 N–H and O–H groups in total. The monoisotopic (exact) mass is 321 g/mol. The molecule has 24 heavy (non-hydrogen) atoms. The number of para-hydroxylation sites is 1. The topological polar surface area (TPSA) is 59.2 Å². The van der Waals surface area contributed by atoms with E-state index in [4.69, 9.17) is 4.74 Å². The summed E-state index contributed by atoms with van der Waals surface area (Å²) in [5.41, 5.74) is 3.56. The van der Waals surface area contributed by atoms with Crippen molar-refractivity contribution in [1.82, 2.24) is 4.98 Å². The van der Waals surface area contributed by atoms with Crippen molar-refractivity contribution in [3.63, 3.8) is 0 Å². The van der Waals surface area contributed by atoms with Crippen LogP contribution >= 0.6 is 0 Å². The van der Waals surface area contributed by atoms with E-state index in [1.807, 2.05) is 50.2 Å². The zero-order valence-electron chi connectivity index (χ0n) is 13.9. The lowest BCUT2D eigenvalue weighted by Gasteiger charge is -2.13. The van der Waals surface area contributed by atoms with Gasteiger partial charge >= 0.3 is 5.97 Å². The third-order valence-electron chi connectivity index (χ3n) is 4.16. The molecule has 4 nitrogen and oxygen atoms in total. The lowest BCUT2D eigenvalue weighted by Crippen LogP contribution is -2.25. The minimum Gasteiger partial charge on any atom is -0.451 e. The number of fused-ring (bicyclic) bond motifs is 1. The Balaban J connectivity index is 1.86.